The molecule has 5 rings (SSSR count). The van der Waals surface area contributed by atoms with E-state index in [4.69, 9.17) is 10.2 Å². The van der Waals surface area contributed by atoms with Crippen LogP contribution in [-0.4, -0.2) is 27.0 Å². The smallest absolute Gasteiger partial charge is 0.449 e. The Bertz CT molecular complexity index is 1260. The highest BCUT2D eigenvalue weighted by molar-refractivity contribution is 5.84. The third-order valence-electron chi connectivity index (χ3n) is 8.23. The Morgan fingerprint density at radius 2 is 1.94 bits per heavy atom. The second-order valence-electron chi connectivity index (χ2n) is 10.0. The number of hydrogen-bond acceptors (Lipinski definition) is 4. The number of carbonyl (C=O) groups excluding carboxylic acids is 1. The number of carboxylic acid groups (broad SMARTS) is 1. The molecule has 6 nitrogen and oxygen atoms in total. The van der Waals surface area contributed by atoms with E-state index in [1.54, 1.807) is 12.1 Å². The summed E-state index contributed by atoms with van der Waals surface area (Å²) < 4.78 is 20.2. The van der Waals surface area contributed by atoms with Crippen molar-refractivity contribution >= 4 is 17.7 Å². The molecule has 1 aromatic carbocycles. The number of benzene rings is 1. The number of ether oxygens (including phenoxy) is 1. The van der Waals surface area contributed by atoms with Crippen LogP contribution < -0.4 is 0 Å². The van der Waals surface area contributed by atoms with Crippen LogP contribution >= 0.6 is 0 Å². The maximum absolute atomic E-state index is 13.6. The maximum atomic E-state index is 13.6. The minimum absolute atomic E-state index is 0.0128. The molecule has 3 unspecified atom stereocenters. The molecule has 2 aromatic rings. The average molecular weight is 479 g/mol. The number of allylic oxidation sites excluding steroid dienone is 4. The SMILES string of the molecule is CCC1=C2CCC3C(=CCCC3C(=O)OC(=O)O)C2(C)Cc2c(CC)nn(-c3ccc(F)cc3)c21. The summed E-state index contributed by atoms with van der Waals surface area (Å²) in [4.78, 5) is 23.7. The van der Waals surface area contributed by atoms with Gasteiger partial charge in [-0.3, -0.25) is 4.79 Å². The van der Waals surface area contributed by atoms with Gasteiger partial charge in [0, 0.05) is 11.0 Å². The minimum Gasteiger partial charge on any atom is -0.449 e. The summed E-state index contributed by atoms with van der Waals surface area (Å²) in [6.45, 7) is 6.55. The van der Waals surface area contributed by atoms with Crippen molar-refractivity contribution in [1.82, 2.24) is 9.78 Å². The van der Waals surface area contributed by atoms with Crippen LogP contribution in [0.25, 0.3) is 11.3 Å². The standard InChI is InChI=1S/C28H31FN2O4/c1-4-18-23-14-13-19-20(26(32)35-27(33)34)7-6-8-22(19)28(23,3)15-21-24(5-2)30-31(25(18)21)17-11-9-16(29)10-12-17/h8-12,19-20H,4-7,13-15H2,1-3H3,(H,33,34). The van der Waals surface area contributed by atoms with Gasteiger partial charge in [0.1, 0.15) is 5.82 Å². The van der Waals surface area contributed by atoms with Gasteiger partial charge in [-0.15, -0.1) is 0 Å². The molecule has 35 heavy (non-hydrogen) atoms. The molecule has 0 aliphatic heterocycles. The van der Waals surface area contributed by atoms with Gasteiger partial charge in [0.15, 0.2) is 0 Å². The predicted molar refractivity (Wildman–Crippen MR) is 130 cm³/mol. The van der Waals surface area contributed by atoms with Crippen LogP contribution in [0.3, 0.4) is 0 Å². The number of hydrogen-bond donors (Lipinski definition) is 1. The maximum Gasteiger partial charge on any atom is 0.513 e. The largest absolute Gasteiger partial charge is 0.513 e. The van der Waals surface area contributed by atoms with E-state index in [1.807, 2.05) is 4.68 Å². The van der Waals surface area contributed by atoms with Crippen LogP contribution in [0, 0.1) is 23.1 Å². The molecule has 3 atom stereocenters. The lowest BCUT2D eigenvalue weighted by atomic mass is 9.54. The van der Waals surface area contributed by atoms with Crippen molar-refractivity contribution in [2.24, 2.45) is 17.3 Å². The number of aromatic nitrogens is 2. The lowest BCUT2D eigenvalue weighted by Gasteiger charge is -2.50. The summed E-state index contributed by atoms with van der Waals surface area (Å²) in [7, 11) is 0. The molecule has 3 aliphatic rings. The van der Waals surface area contributed by atoms with Crippen LogP contribution in [0.2, 0.25) is 0 Å². The number of nitrogens with zero attached hydrogens (tertiary/aromatic N) is 2. The lowest BCUT2D eigenvalue weighted by molar-refractivity contribution is -0.146. The number of rotatable bonds is 4. The van der Waals surface area contributed by atoms with Gasteiger partial charge in [-0.05, 0) is 80.7 Å². The topological polar surface area (TPSA) is 81.4 Å². The van der Waals surface area contributed by atoms with Gasteiger partial charge in [0.2, 0.25) is 0 Å². The summed E-state index contributed by atoms with van der Waals surface area (Å²) in [5.41, 5.74) is 7.88. The molecule has 7 heteroatoms. The minimum atomic E-state index is -1.54. The van der Waals surface area contributed by atoms with Crippen molar-refractivity contribution in [1.29, 1.82) is 0 Å². The lowest BCUT2D eigenvalue weighted by Crippen LogP contribution is -2.42. The highest BCUT2D eigenvalue weighted by Crippen LogP contribution is 2.59. The molecule has 1 fully saturated rings. The number of fused-ring (bicyclic) bond motifs is 4. The van der Waals surface area contributed by atoms with Gasteiger partial charge in [-0.25, -0.2) is 13.9 Å². The van der Waals surface area contributed by atoms with Gasteiger partial charge in [0.25, 0.3) is 0 Å². The monoisotopic (exact) mass is 478 g/mol. The molecule has 1 aromatic heterocycles. The summed E-state index contributed by atoms with van der Waals surface area (Å²) in [6, 6.07) is 6.48. The van der Waals surface area contributed by atoms with Crippen molar-refractivity contribution in [2.45, 2.75) is 65.7 Å². The van der Waals surface area contributed by atoms with Gasteiger partial charge in [-0.1, -0.05) is 38.0 Å². The van der Waals surface area contributed by atoms with E-state index in [-0.39, 0.29) is 17.2 Å². The fraction of sp³-hybridized carbons (Fsp3) is 0.464. The first kappa shape index (κ1) is 23.5. The number of esters is 1. The van der Waals surface area contributed by atoms with Crippen molar-refractivity contribution in [3.05, 3.63) is 64.3 Å². The van der Waals surface area contributed by atoms with Crippen molar-refractivity contribution in [2.75, 3.05) is 0 Å². The number of carbonyl (C=O) groups is 2. The van der Waals surface area contributed by atoms with Crippen LogP contribution in [0.5, 0.6) is 0 Å². The van der Waals surface area contributed by atoms with Crippen LogP contribution in [-0.2, 0) is 22.4 Å². The highest BCUT2D eigenvalue weighted by Gasteiger charge is 2.50. The van der Waals surface area contributed by atoms with Crippen LogP contribution in [0.15, 0.2) is 41.5 Å². The summed E-state index contributed by atoms with van der Waals surface area (Å²) in [5.74, 6) is -1.34. The molecule has 1 N–H and O–H groups in total. The van der Waals surface area contributed by atoms with Gasteiger partial charge >= 0.3 is 12.1 Å². The molecule has 1 saturated carbocycles. The van der Waals surface area contributed by atoms with Crippen molar-refractivity contribution in [3.8, 4) is 5.69 Å². The van der Waals surface area contributed by atoms with Gasteiger partial charge in [0.05, 0.1) is 23.0 Å². The number of halogens is 1. The van der Waals surface area contributed by atoms with E-state index < -0.39 is 18.0 Å². The van der Waals surface area contributed by atoms with Gasteiger partial charge in [-0.2, -0.15) is 5.10 Å². The van der Waals surface area contributed by atoms with E-state index in [0.717, 1.165) is 55.6 Å². The molecule has 184 valence electrons. The van der Waals surface area contributed by atoms with Crippen LogP contribution in [0.1, 0.15) is 69.8 Å². The highest BCUT2D eigenvalue weighted by atomic mass is 19.1. The Balaban J connectivity index is 1.63. The van der Waals surface area contributed by atoms with E-state index in [1.165, 1.54) is 34.4 Å². The molecule has 0 radical (unpaired) electrons. The van der Waals surface area contributed by atoms with Crippen LogP contribution in [0.4, 0.5) is 9.18 Å². The molecule has 0 bridgehead atoms. The van der Waals surface area contributed by atoms with Crippen molar-refractivity contribution in [3.63, 3.8) is 0 Å². The van der Waals surface area contributed by atoms with Gasteiger partial charge < -0.3 is 9.84 Å². The van der Waals surface area contributed by atoms with E-state index >= 15 is 0 Å². The summed E-state index contributed by atoms with van der Waals surface area (Å²) in [6.07, 6.45) is 6.14. The van der Waals surface area contributed by atoms with E-state index in [2.05, 4.69) is 31.6 Å². The fourth-order valence-corrected chi connectivity index (χ4v) is 6.79. The first-order valence-corrected chi connectivity index (χ1v) is 12.5. The van der Waals surface area contributed by atoms with E-state index in [9.17, 15) is 14.0 Å². The molecule has 3 aliphatic carbocycles. The first-order valence-electron chi connectivity index (χ1n) is 12.5. The second kappa shape index (κ2) is 8.77. The first-order chi connectivity index (χ1) is 16.8. The zero-order chi connectivity index (χ0) is 24.9. The predicted octanol–water partition coefficient (Wildman–Crippen LogP) is 6.27. The van der Waals surface area contributed by atoms with E-state index in [0.29, 0.717) is 6.42 Å². The third-order valence-corrected chi connectivity index (χ3v) is 8.23. The normalized spacial score (nSPS) is 25.3. The molecular formula is C28H31FN2O4. The Labute approximate surface area is 204 Å². The Kier molecular flexibility index (Phi) is 5.90. The molecular weight excluding hydrogens is 447 g/mol. The van der Waals surface area contributed by atoms with Crippen molar-refractivity contribution < 1.29 is 23.8 Å². The Morgan fingerprint density at radius 3 is 2.60 bits per heavy atom. The third kappa shape index (κ3) is 3.72. The molecule has 0 amide bonds. The molecule has 0 saturated heterocycles. The summed E-state index contributed by atoms with van der Waals surface area (Å²) >= 11 is 0. The average Bonchev–Trinajstić information content (AvgIpc) is 3.19. The number of aryl methyl sites for hydroxylation is 1. The zero-order valence-corrected chi connectivity index (χ0v) is 20.4. The second-order valence-corrected chi connectivity index (χ2v) is 10.0. The Hall–Kier alpha value is -3.22. The quantitative estimate of drug-likeness (QED) is 0.318. The fourth-order valence-electron chi connectivity index (χ4n) is 6.79. The summed E-state index contributed by atoms with van der Waals surface area (Å²) in [5, 5.41) is 14.0. The Morgan fingerprint density at radius 1 is 1.20 bits per heavy atom. The zero-order valence-electron chi connectivity index (χ0n) is 20.4. The molecule has 0 spiro atoms. The molecule has 1 heterocycles.